The van der Waals surface area contributed by atoms with Crippen LogP contribution in [0, 0.1) is 0 Å². The zero-order chi connectivity index (χ0) is 19.5. The molecule has 0 spiro atoms. The van der Waals surface area contributed by atoms with Gasteiger partial charge in [-0.15, -0.1) is 0 Å². The van der Waals surface area contributed by atoms with Gasteiger partial charge >= 0.3 is 0 Å². The molecule has 1 aliphatic heterocycles. The van der Waals surface area contributed by atoms with Crippen LogP contribution in [0.4, 0.5) is 5.13 Å². The van der Waals surface area contributed by atoms with E-state index in [0.717, 1.165) is 42.0 Å². The summed E-state index contributed by atoms with van der Waals surface area (Å²) in [5.74, 6) is 0.0808. The van der Waals surface area contributed by atoms with E-state index in [9.17, 15) is 9.90 Å². The van der Waals surface area contributed by atoms with Crippen LogP contribution < -0.4 is 14.8 Å². The molecule has 0 aliphatic carbocycles. The highest BCUT2D eigenvalue weighted by atomic mass is 32.1. The number of methoxy groups -OCH3 is 1. The number of aromatic hydroxyl groups is 1. The number of anilines is 1. The number of hydrogen-bond donors (Lipinski definition) is 2. The predicted octanol–water partition coefficient (Wildman–Crippen LogP) is 3.22. The van der Waals surface area contributed by atoms with Crippen molar-refractivity contribution in [3.8, 4) is 17.2 Å². The lowest BCUT2D eigenvalue weighted by atomic mass is 10.1. The van der Waals surface area contributed by atoms with Gasteiger partial charge in [-0.2, -0.15) is 0 Å². The van der Waals surface area contributed by atoms with Crippen LogP contribution >= 0.6 is 11.3 Å². The number of thiazole rings is 1. The van der Waals surface area contributed by atoms with E-state index < -0.39 is 5.91 Å². The molecule has 1 fully saturated rings. The van der Waals surface area contributed by atoms with Gasteiger partial charge in [-0.25, -0.2) is 9.97 Å². The van der Waals surface area contributed by atoms with E-state index in [1.807, 2.05) is 18.2 Å². The molecule has 8 nitrogen and oxygen atoms in total. The average Bonchev–Trinajstić information content (AvgIpc) is 3.10. The summed E-state index contributed by atoms with van der Waals surface area (Å²) in [4.78, 5) is 20.8. The smallest absolute Gasteiger partial charge is 0.280 e. The van der Waals surface area contributed by atoms with Crippen LogP contribution in [0.15, 0.2) is 30.5 Å². The van der Waals surface area contributed by atoms with Crippen molar-refractivity contribution < 1.29 is 24.1 Å². The second-order valence-electron chi connectivity index (χ2n) is 6.24. The van der Waals surface area contributed by atoms with Crippen LogP contribution in [0.1, 0.15) is 23.3 Å². The molecule has 1 amide bonds. The molecule has 1 saturated heterocycles. The first-order valence-corrected chi connectivity index (χ1v) is 9.64. The number of aromatic nitrogens is 2. The third kappa shape index (κ3) is 3.85. The zero-order valence-corrected chi connectivity index (χ0v) is 16.0. The van der Waals surface area contributed by atoms with Crippen LogP contribution in [-0.2, 0) is 4.74 Å². The van der Waals surface area contributed by atoms with E-state index >= 15 is 0 Å². The molecule has 3 heterocycles. The molecular weight excluding hydrogens is 382 g/mol. The molecule has 0 unspecified atom stereocenters. The van der Waals surface area contributed by atoms with Crippen molar-refractivity contribution in [1.82, 2.24) is 9.97 Å². The zero-order valence-electron chi connectivity index (χ0n) is 15.2. The van der Waals surface area contributed by atoms with Crippen LogP contribution in [0.2, 0.25) is 0 Å². The number of benzene rings is 1. The second kappa shape index (κ2) is 7.99. The van der Waals surface area contributed by atoms with Gasteiger partial charge in [-0.3, -0.25) is 10.1 Å². The van der Waals surface area contributed by atoms with E-state index in [2.05, 4.69) is 15.3 Å². The SMILES string of the molecule is COc1ccnc(C(=O)Nc2nc3ccc(OC4CCOCC4)cc3s2)c1O. The summed E-state index contributed by atoms with van der Waals surface area (Å²) in [5, 5.41) is 13.2. The van der Waals surface area contributed by atoms with Crippen molar-refractivity contribution in [3.63, 3.8) is 0 Å². The molecule has 0 saturated carbocycles. The monoisotopic (exact) mass is 401 g/mol. The van der Waals surface area contributed by atoms with Gasteiger partial charge in [0.1, 0.15) is 11.9 Å². The number of rotatable bonds is 5. The van der Waals surface area contributed by atoms with Crippen LogP contribution in [0.3, 0.4) is 0 Å². The van der Waals surface area contributed by atoms with Crippen molar-refractivity contribution in [2.45, 2.75) is 18.9 Å². The Bertz CT molecular complexity index is 1000. The molecule has 1 aromatic carbocycles. The molecule has 2 aromatic heterocycles. The van der Waals surface area contributed by atoms with E-state index in [0.29, 0.717) is 5.13 Å². The standard InChI is InChI=1S/C19H19N3O5S/c1-25-14-4-7-20-16(17(14)23)18(24)22-19-21-13-3-2-12(10-15(13)28-19)27-11-5-8-26-9-6-11/h2-4,7,10-11,23H,5-6,8-9H2,1H3,(H,21,22,24). The van der Waals surface area contributed by atoms with Crippen molar-refractivity contribution in [1.29, 1.82) is 0 Å². The van der Waals surface area contributed by atoms with Gasteiger partial charge < -0.3 is 19.3 Å². The van der Waals surface area contributed by atoms with Crippen molar-refractivity contribution in [3.05, 3.63) is 36.2 Å². The van der Waals surface area contributed by atoms with Gasteiger partial charge in [0.25, 0.3) is 5.91 Å². The molecule has 2 N–H and O–H groups in total. The molecule has 3 aromatic rings. The van der Waals surface area contributed by atoms with Gasteiger partial charge in [-0.05, 0) is 18.2 Å². The Morgan fingerprint density at radius 2 is 2.14 bits per heavy atom. The maximum absolute atomic E-state index is 12.5. The quantitative estimate of drug-likeness (QED) is 0.677. The Balaban J connectivity index is 1.51. The molecule has 28 heavy (non-hydrogen) atoms. The molecule has 9 heteroatoms. The summed E-state index contributed by atoms with van der Waals surface area (Å²) in [6.07, 6.45) is 3.30. The van der Waals surface area contributed by atoms with Crippen LogP contribution in [0.5, 0.6) is 17.2 Å². The third-order valence-electron chi connectivity index (χ3n) is 4.37. The number of carbonyl (C=O) groups is 1. The summed E-state index contributed by atoms with van der Waals surface area (Å²) in [6.45, 7) is 1.43. The summed E-state index contributed by atoms with van der Waals surface area (Å²) in [6, 6.07) is 7.12. The third-order valence-corrected chi connectivity index (χ3v) is 5.31. The summed E-state index contributed by atoms with van der Waals surface area (Å²) < 4.78 is 17.3. The first-order chi connectivity index (χ1) is 13.6. The molecule has 0 atom stereocenters. The molecule has 146 valence electrons. The number of amides is 1. The average molecular weight is 401 g/mol. The van der Waals surface area contributed by atoms with Crippen LogP contribution in [0.25, 0.3) is 10.2 Å². The fraction of sp³-hybridized carbons (Fsp3) is 0.316. The Kier molecular flexibility index (Phi) is 5.27. The van der Waals surface area contributed by atoms with Gasteiger partial charge in [-0.1, -0.05) is 11.3 Å². The van der Waals surface area contributed by atoms with Crippen molar-refractivity contribution >= 4 is 32.6 Å². The Hall–Kier alpha value is -2.91. The van der Waals surface area contributed by atoms with E-state index in [1.165, 1.54) is 30.7 Å². The first-order valence-electron chi connectivity index (χ1n) is 8.82. The Morgan fingerprint density at radius 1 is 1.32 bits per heavy atom. The number of hydrogen-bond acceptors (Lipinski definition) is 8. The predicted molar refractivity (Wildman–Crippen MR) is 104 cm³/mol. The lowest BCUT2D eigenvalue weighted by molar-refractivity contribution is 0.0256. The molecule has 0 bridgehead atoms. The van der Waals surface area contributed by atoms with E-state index in [-0.39, 0.29) is 23.3 Å². The fourth-order valence-electron chi connectivity index (χ4n) is 2.94. The van der Waals surface area contributed by atoms with Gasteiger partial charge in [0, 0.05) is 25.1 Å². The minimum atomic E-state index is -0.561. The van der Waals surface area contributed by atoms with E-state index in [4.69, 9.17) is 14.2 Å². The summed E-state index contributed by atoms with van der Waals surface area (Å²) >= 11 is 1.32. The first kappa shape index (κ1) is 18.5. The van der Waals surface area contributed by atoms with Gasteiger partial charge in [0.15, 0.2) is 22.3 Å². The minimum absolute atomic E-state index is 0.123. The highest BCUT2D eigenvalue weighted by Gasteiger charge is 2.19. The number of nitrogens with one attached hydrogen (secondary N) is 1. The maximum Gasteiger partial charge on any atom is 0.280 e. The molecular formula is C19H19N3O5S. The molecule has 0 radical (unpaired) electrons. The summed E-state index contributed by atoms with van der Waals surface area (Å²) in [5.41, 5.74) is 0.629. The number of ether oxygens (including phenoxy) is 3. The second-order valence-corrected chi connectivity index (χ2v) is 7.27. The van der Waals surface area contributed by atoms with Gasteiger partial charge in [0.2, 0.25) is 0 Å². The van der Waals surface area contributed by atoms with Crippen molar-refractivity contribution in [2.24, 2.45) is 0 Å². The molecule has 1 aliphatic rings. The van der Waals surface area contributed by atoms with Gasteiger partial charge in [0.05, 0.1) is 30.5 Å². The van der Waals surface area contributed by atoms with E-state index in [1.54, 1.807) is 0 Å². The maximum atomic E-state index is 12.5. The number of nitrogens with zero attached hydrogens (tertiary/aromatic N) is 2. The minimum Gasteiger partial charge on any atom is -0.503 e. The normalized spacial score (nSPS) is 14.8. The van der Waals surface area contributed by atoms with Crippen molar-refractivity contribution in [2.75, 3.05) is 25.6 Å². The Labute approximate surface area is 165 Å². The number of pyridine rings is 1. The Morgan fingerprint density at radius 3 is 2.93 bits per heavy atom. The summed E-state index contributed by atoms with van der Waals surface area (Å²) in [7, 11) is 1.41. The molecule has 4 rings (SSSR count). The van der Waals surface area contributed by atoms with Crippen LogP contribution in [-0.4, -0.2) is 47.4 Å². The lowest BCUT2D eigenvalue weighted by Gasteiger charge is -2.23. The highest BCUT2D eigenvalue weighted by molar-refractivity contribution is 7.22. The fourth-order valence-corrected chi connectivity index (χ4v) is 3.83. The lowest BCUT2D eigenvalue weighted by Crippen LogP contribution is -2.25. The largest absolute Gasteiger partial charge is 0.503 e. The number of fused-ring (bicyclic) bond motifs is 1. The topological polar surface area (TPSA) is 103 Å². The number of carbonyl (C=O) groups excluding carboxylic acids is 1. The highest BCUT2D eigenvalue weighted by Crippen LogP contribution is 2.32.